The van der Waals surface area contributed by atoms with Gasteiger partial charge in [0.15, 0.2) is 0 Å². The van der Waals surface area contributed by atoms with E-state index >= 15 is 0 Å². The minimum atomic E-state index is -0.532. The first-order valence-corrected chi connectivity index (χ1v) is 8.86. The van der Waals surface area contributed by atoms with E-state index in [1.165, 1.54) is 0 Å². The number of benzene rings is 2. The molecule has 0 bridgehead atoms. The fraction of sp³-hybridized carbons (Fsp3) is 0.333. The highest BCUT2D eigenvalue weighted by Crippen LogP contribution is 2.34. The van der Waals surface area contributed by atoms with E-state index in [0.29, 0.717) is 12.6 Å². The topological polar surface area (TPSA) is 57.3 Å². The monoisotopic (exact) mass is 424 g/mol. The number of halogens is 1. The number of ether oxygens (including phenoxy) is 1. The molecule has 1 unspecified atom stereocenters. The number of aliphatic hydroxyl groups excluding tert-OH is 1. The molecule has 0 aliphatic carbocycles. The third-order valence-corrected chi connectivity index (χ3v) is 4.35. The van der Waals surface area contributed by atoms with Gasteiger partial charge in [-0.15, -0.1) is 0 Å². The molecule has 0 aliphatic heterocycles. The van der Waals surface area contributed by atoms with Crippen molar-refractivity contribution >= 4 is 44.4 Å². The summed E-state index contributed by atoms with van der Waals surface area (Å²) in [6.07, 6.45) is -0.532. The van der Waals surface area contributed by atoms with Gasteiger partial charge in [-0.1, -0.05) is 32.0 Å². The summed E-state index contributed by atoms with van der Waals surface area (Å²) in [5.41, 5.74) is 2.15. The highest BCUT2D eigenvalue weighted by Gasteiger charge is 2.13. The number of hydrogen-bond acceptors (Lipinski definition) is 3. The SMILES string of the molecule is CC(C)NCC(O)COc1cc(I)cc2[nH]c3ccccc3c12. The number of aromatic amines is 1. The van der Waals surface area contributed by atoms with Crippen LogP contribution < -0.4 is 10.1 Å². The van der Waals surface area contributed by atoms with Crippen LogP contribution >= 0.6 is 22.6 Å². The molecule has 2 aromatic carbocycles. The Hall–Kier alpha value is -1.31. The molecule has 1 aromatic heterocycles. The number of fused-ring (bicyclic) bond motifs is 3. The van der Waals surface area contributed by atoms with Crippen LogP contribution in [0.2, 0.25) is 0 Å². The third kappa shape index (κ3) is 3.79. The lowest BCUT2D eigenvalue weighted by Gasteiger charge is -2.15. The van der Waals surface area contributed by atoms with Gasteiger partial charge in [-0.3, -0.25) is 0 Å². The Bertz CT molecular complexity index is 813. The molecule has 0 spiro atoms. The maximum absolute atomic E-state index is 10.1. The Morgan fingerprint density at radius 3 is 2.78 bits per heavy atom. The second-order valence-corrected chi connectivity index (χ2v) is 7.27. The van der Waals surface area contributed by atoms with Crippen molar-refractivity contribution in [2.45, 2.75) is 26.0 Å². The average molecular weight is 424 g/mol. The smallest absolute Gasteiger partial charge is 0.130 e. The van der Waals surface area contributed by atoms with Crippen LogP contribution in [0.3, 0.4) is 0 Å². The van der Waals surface area contributed by atoms with Gasteiger partial charge in [-0.25, -0.2) is 0 Å². The zero-order valence-corrected chi connectivity index (χ0v) is 15.4. The van der Waals surface area contributed by atoms with Crippen LogP contribution in [0.15, 0.2) is 36.4 Å². The summed E-state index contributed by atoms with van der Waals surface area (Å²) in [7, 11) is 0. The van der Waals surface area contributed by atoms with Gasteiger partial charge in [-0.2, -0.15) is 0 Å². The van der Waals surface area contributed by atoms with Crippen LogP contribution in [0.1, 0.15) is 13.8 Å². The summed E-state index contributed by atoms with van der Waals surface area (Å²) >= 11 is 2.29. The maximum Gasteiger partial charge on any atom is 0.130 e. The van der Waals surface area contributed by atoms with E-state index in [1.807, 2.05) is 18.2 Å². The second kappa shape index (κ2) is 7.07. The Morgan fingerprint density at radius 1 is 1.22 bits per heavy atom. The van der Waals surface area contributed by atoms with Crippen LogP contribution in [-0.2, 0) is 0 Å². The Labute approximate surface area is 149 Å². The standard InChI is InChI=1S/C18H21IN2O2/c1-11(2)20-9-13(22)10-23-17-8-12(19)7-16-18(17)14-5-3-4-6-15(14)21-16/h3-8,11,13,20-22H,9-10H2,1-2H3. The molecule has 0 fully saturated rings. The normalized spacial score (nSPS) is 13.1. The van der Waals surface area contributed by atoms with Gasteiger partial charge >= 0.3 is 0 Å². The van der Waals surface area contributed by atoms with Crippen LogP contribution in [0.4, 0.5) is 0 Å². The molecule has 23 heavy (non-hydrogen) atoms. The van der Waals surface area contributed by atoms with Gasteiger partial charge in [0.25, 0.3) is 0 Å². The van der Waals surface area contributed by atoms with Crippen LogP contribution in [0.5, 0.6) is 5.75 Å². The predicted molar refractivity (Wildman–Crippen MR) is 103 cm³/mol. The van der Waals surface area contributed by atoms with Crippen molar-refractivity contribution in [3.8, 4) is 5.75 Å². The van der Waals surface area contributed by atoms with Gasteiger partial charge < -0.3 is 20.1 Å². The highest BCUT2D eigenvalue weighted by molar-refractivity contribution is 14.1. The van der Waals surface area contributed by atoms with Crippen molar-refractivity contribution in [2.24, 2.45) is 0 Å². The van der Waals surface area contributed by atoms with E-state index in [4.69, 9.17) is 4.74 Å². The molecule has 0 saturated heterocycles. The second-order valence-electron chi connectivity index (χ2n) is 6.02. The zero-order chi connectivity index (χ0) is 16.4. The number of nitrogens with one attached hydrogen (secondary N) is 2. The number of para-hydroxylation sites is 1. The molecule has 0 amide bonds. The predicted octanol–water partition coefficient (Wildman–Crippen LogP) is 3.66. The van der Waals surface area contributed by atoms with E-state index in [0.717, 1.165) is 31.1 Å². The number of H-pyrrole nitrogens is 1. The van der Waals surface area contributed by atoms with E-state index in [2.05, 4.69) is 64.9 Å². The van der Waals surface area contributed by atoms with Gasteiger partial charge in [0.2, 0.25) is 0 Å². The lowest BCUT2D eigenvalue weighted by molar-refractivity contribution is 0.105. The number of rotatable bonds is 6. The average Bonchev–Trinajstić information content (AvgIpc) is 2.88. The van der Waals surface area contributed by atoms with Crippen molar-refractivity contribution in [1.29, 1.82) is 0 Å². The van der Waals surface area contributed by atoms with Gasteiger partial charge in [-0.05, 0) is 40.8 Å². The summed E-state index contributed by atoms with van der Waals surface area (Å²) in [4.78, 5) is 3.43. The van der Waals surface area contributed by atoms with Crippen molar-refractivity contribution in [3.05, 3.63) is 40.0 Å². The number of aromatic nitrogens is 1. The first-order chi connectivity index (χ1) is 11.0. The lowest BCUT2D eigenvalue weighted by atomic mass is 10.1. The molecule has 0 aliphatic rings. The first-order valence-electron chi connectivity index (χ1n) is 7.79. The van der Waals surface area contributed by atoms with Gasteiger partial charge in [0.1, 0.15) is 18.5 Å². The fourth-order valence-corrected chi connectivity index (χ4v) is 3.24. The summed E-state index contributed by atoms with van der Waals surface area (Å²) in [6.45, 7) is 4.91. The summed E-state index contributed by atoms with van der Waals surface area (Å²) in [5, 5.41) is 15.5. The molecule has 3 rings (SSSR count). The zero-order valence-electron chi connectivity index (χ0n) is 13.3. The minimum Gasteiger partial charge on any atom is -0.490 e. The Balaban J connectivity index is 1.87. The molecule has 1 atom stereocenters. The van der Waals surface area contributed by atoms with Gasteiger partial charge in [0, 0.05) is 32.4 Å². The maximum atomic E-state index is 10.1. The van der Waals surface area contributed by atoms with E-state index in [-0.39, 0.29) is 6.61 Å². The molecule has 5 heteroatoms. The first kappa shape index (κ1) is 16.5. The molecule has 0 radical (unpaired) electrons. The molecule has 3 aromatic rings. The van der Waals surface area contributed by atoms with Crippen LogP contribution in [0, 0.1) is 3.57 Å². The van der Waals surface area contributed by atoms with Crippen molar-refractivity contribution in [2.75, 3.05) is 13.2 Å². The minimum absolute atomic E-state index is 0.272. The molecular weight excluding hydrogens is 403 g/mol. The van der Waals surface area contributed by atoms with Crippen molar-refractivity contribution in [3.63, 3.8) is 0 Å². The quantitative estimate of drug-likeness (QED) is 0.530. The third-order valence-electron chi connectivity index (χ3n) is 3.73. The fourth-order valence-electron chi connectivity index (χ4n) is 2.64. The van der Waals surface area contributed by atoms with Gasteiger partial charge in [0.05, 0.1) is 5.52 Å². The molecule has 4 nitrogen and oxygen atoms in total. The van der Waals surface area contributed by atoms with Crippen LogP contribution in [-0.4, -0.2) is 35.4 Å². The van der Waals surface area contributed by atoms with Crippen molar-refractivity contribution < 1.29 is 9.84 Å². The van der Waals surface area contributed by atoms with Crippen molar-refractivity contribution in [1.82, 2.24) is 10.3 Å². The molecule has 122 valence electrons. The summed E-state index contributed by atoms with van der Waals surface area (Å²) < 4.78 is 7.05. The highest BCUT2D eigenvalue weighted by atomic mass is 127. The van der Waals surface area contributed by atoms with Crippen LogP contribution in [0.25, 0.3) is 21.8 Å². The summed E-state index contributed by atoms with van der Waals surface area (Å²) in [6, 6.07) is 12.7. The molecule has 1 heterocycles. The molecular formula is C18H21IN2O2. The Kier molecular flexibility index (Phi) is 5.08. The Morgan fingerprint density at radius 2 is 2.00 bits per heavy atom. The van der Waals surface area contributed by atoms with E-state index in [9.17, 15) is 5.11 Å². The largest absolute Gasteiger partial charge is 0.490 e. The summed E-state index contributed by atoms with van der Waals surface area (Å²) in [5.74, 6) is 0.813. The van der Waals surface area contributed by atoms with E-state index in [1.54, 1.807) is 0 Å². The number of hydrogen-bond donors (Lipinski definition) is 3. The number of aliphatic hydroxyl groups is 1. The lowest BCUT2D eigenvalue weighted by Crippen LogP contribution is -2.35. The van der Waals surface area contributed by atoms with E-state index < -0.39 is 6.10 Å². The molecule has 0 saturated carbocycles. The molecule has 3 N–H and O–H groups in total.